The fourth-order valence-electron chi connectivity index (χ4n) is 1.97. The summed E-state index contributed by atoms with van der Waals surface area (Å²) in [6.45, 7) is 1.68. The Bertz CT molecular complexity index is 856. The molecular weight excluding hydrogens is 258 g/mol. The quantitative estimate of drug-likeness (QED) is 0.813. The molecule has 6 heteroatoms. The topological polar surface area (TPSA) is 80.0 Å². The van der Waals surface area contributed by atoms with E-state index in [4.69, 9.17) is 5.48 Å². The van der Waals surface area contributed by atoms with Gasteiger partial charge in [0, 0.05) is 4.11 Å². The second-order valence-corrected chi connectivity index (χ2v) is 4.31. The van der Waals surface area contributed by atoms with Gasteiger partial charge in [0.05, 0.1) is 13.1 Å². The Hall–Kier alpha value is -2.34. The minimum absolute atomic E-state index is 0.269. The van der Waals surface area contributed by atoms with E-state index in [1.165, 1.54) is 12.1 Å². The lowest BCUT2D eigenvalue weighted by Crippen LogP contribution is -2.33. The number of rotatable bonds is 4. The summed E-state index contributed by atoms with van der Waals surface area (Å²) in [4.78, 5) is 24.7. The number of nitrogens with one attached hydrogen (secondary N) is 1. The first-order valence-corrected chi connectivity index (χ1v) is 5.85. The Kier molecular flexibility index (Phi) is 2.55. The molecule has 0 radical (unpaired) electrons. The van der Waals surface area contributed by atoms with Gasteiger partial charge in [0.2, 0.25) is 0 Å². The zero-order valence-corrected chi connectivity index (χ0v) is 10.8. The van der Waals surface area contributed by atoms with Crippen LogP contribution in [0, 0.1) is 0 Å². The second-order valence-electron chi connectivity index (χ2n) is 4.31. The minimum atomic E-state index is -2.72. The molecular formula is C14H17N3O3. The highest BCUT2D eigenvalue weighted by Gasteiger charge is 2.23. The van der Waals surface area contributed by atoms with E-state index in [-0.39, 0.29) is 5.69 Å². The SMILES string of the molecule is [2H]C([2H])([2H])C(=C)[C@@H](n1[nH]c(=O)n(-c2ccccc2)c1=O)[C@]([2H])(C)O. The number of para-hydroxylation sites is 1. The van der Waals surface area contributed by atoms with Crippen LogP contribution in [0.4, 0.5) is 0 Å². The lowest BCUT2D eigenvalue weighted by atomic mass is 10.1. The molecule has 106 valence electrons. The number of aliphatic hydroxyl groups is 1. The van der Waals surface area contributed by atoms with Crippen molar-refractivity contribution in [2.24, 2.45) is 0 Å². The predicted molar refractivity (Wildman–Crippen MR) is 76.2 cm³/mol. The highest BCUT2D eigenvalue weighted by Crippen LogP contribution is 2.16. The maximum absolute atomic E-state index is 12.6. The average Bonchev–Trinajstić information content (AvgIpc) is 2.72. The van der Waals surface area contributed by atoms with E-state index in [1.807, 2.05) is 0 Å². The van der Waals surface area contributed by atoms with E-state index in [0.29, 0.717) is 4.68 Å². The molecule has 0 aliphatic carbocycles. The molecule has 20 heavy (non-hydrogen) atoms. The van der Waals surface area contributed by atoms with Gasteiger partial charge in [-0.1, -0.05) is 30.4 Å². The molecule has 0 spiro atoms. The van der Waals surface area contributed by atoms with E-state index in [1.54, 1.807) is 18.2 Å². The molecule has 6 nitrogen and oxygen atoms in total. The molecule has 2 atom stereocenters. The van der Waals surface area contributed by atoms with Crippen molar-refractivity contribution in [1.82, 2.24) is 14.3 Å². The molecule has 2 N–H and O–H groups in total. The maximum Gasteiger partial charge on any atom is 0.352 e. The molecule has 0 bridgehead atoms. The number of hydrogen-bond acceptors (Lipinski definition) is 3. The normalized spacial score (nSPS) is 19.1. The van der Waals surface area contributed by atoms with Crippen LogP contribution in [0.2, 0.25) is 0 Å². The molecule has 0 unspecified atom stereocenters. The number of H-pyrrole nitrogens is 1. The molecule has 2 aromatic rings. The smallest absolute Gasteiger partial charge is 0.352 e. The van der Waals surface area contributed by atoms with Crippen LogP contribution in [0.5, 0.6) is 0 Å². The molecule has 0 saturated carbocycles. The van der Waals surface area contributed by atoms with Crippen LogP contribution in [0.1, 0.15) is 25.3 Å². The Morgan fingerprint density at radius 3 is 2.65 bits per heavy atom. The fourth-order valence-corrected chi connectivity index (χ4v) is 1.97. The molecule has 0 fully saturated rings. The summed E-state index contributed by atoms with van der Waals surface area (Å²) in [5, 5.41) is 12.2. The van der Waals surface area contributed by atoms with Gasteiger partial charge in [-0.05, 0) is 25.9 Å². The first kappa shape index (κ1) is 9.55. The largest absolute Gasteiger partial charge is 0.391 e. The van der Waals surface area contributed by atoms with Crippen LogP contribution >= 0.6 is 0 Å². The highest BCUT2D eigenvalue weighted by molar-refractivity contribution is 5.30. The second kappa shape index (κ2) is 5.34. The Balaban J connectivity index is 2.69. The Morgan fingerprint density at radius 1 is 1.45 bits per heavy atom. The van der Waals surface area contributed by atoms with Gasteiger partial charge < -0.3 is 5.11 Å². The van der Waals surface area contributed by atoms with Gasteiger partial charge in [-0.3, -0.25) is 0 Å². The van der Waals surface area contributed by atoms with E-state index >= 15 is 0 Å². The van der Waals surface area contributed by atoms with Crippen LogP contribution in [-0.2, 0) is 0 Å². The zero-order valence-electron chi connectivity index (χ0n) is 14.8. The Labute approximate surface area is 121 Å². The molecule has 0 aliphatic rings. The van der Waals surface area contributed by atoms with Gasteiger partial charge in [-0.2, -0.15) is 0 Å². The predicted octanol–water partition coefficient (Wildman–Crippen LogP) is 0.825. The number of hydrogen-bond donors (Lipinski definition) is 2. The van der Waals surface area contributed by atoms with Gasteiger partial charge in [0.25, 0.3) is 0 Å². The summed E-state index contributed by atoms with van der Waals surface area (Å²) in [5.74, 6) is 0. The van der Waals surface area contributed by atoms with Crippen molar-refractivity contribution in [3.8, 4) is 5.69 Å². The maximum atomic E-state index is 12.6. The average molecular weight is 279 g/mol. The number of aromatic nitrogens is 3. The highest BCUT2D eigenvalue weighted by atomic mass is 16.3. The van der Waals surface area contributed by atoms with Crippen molar-refractivity contribution in [3.05, 3.63) is 63.5 Å². The fraction of sp³-hybridized carbons (Fsp3) is 0.286. The van der Waals surface area contributed by atoms with Gasteiger partial charge in [-0.15, -0.1) is 0 Å². The van der Waals surface area contributed by atoms with Crippen molar-refractivity contribution in [2.45, 2.75) is 25.9 Å². The Morgan fingerprint density at radius 2 is 2.10 bits per heavy atom. The van der Waals surface area contributed by atoms with E-state index in [2.05, 4.69) is 11.7 Å². The van der Waals surface area contributed by atoms with Crippen LogP contribution in [0.25, 0.3) is 5.69 Å². The molecule has 1 aromatic heterocycles. The molecule has 1 heterocycles. The lowest BCUT2D eigenvalue weighted by Gasteiger charge is -2.19. The van der Waals surface area contributed by atoms with Crippen molar-refractivity contribution in [2.75, 3.05) is 0 Å². The van der Waals surface area contributed by atoms with Crippen LogP contribution in [0.3, 0.4) is 0 Å². The first-order valence-electron chi connectivity index (χ1n) is 7.85. The van der Waals surface area contributed by atoms with Gasteiger partial charge in [0.15, 0.2) is 0 Å². The van der Waals surface area contributed by atoms with Crippen molar-refractivity contribution >= 4 is 0 Å². The minimum Gasteiger partial charge on any atom is -0.391 e. The summed E-state index contributed by atoms with van der Waals surface area (Å²) in [6.07, 6.45) is -2.39. The van der Waals surface area contributed by atoms with Gasteiger partial charge >= 0.3 is 11.4 Å². The molecule has 1 aromatic carbocycles. The van der Waals surface area contributed by atoms with Gasteiger partial charge in [0.1, 0.15) is 6.04 Å². The summed E-state index contributed by atoms with van der Waals surface area (Å²) >= 11 is 0. The van der Waals surface area contributed by atoms with Crippen molar-refractivity contribution in [3.63, 3.8) is 0 Å². The summed E-state index contributed by atoms with van der Waals surface area (Å²) in [7, 11) is 0. The van der Waals surface area contributed by atoms with E-state index in [9.17, 15) is 14.7 Å². The van der Waals surface area contributed by atoms with Crippen molar-refractivity contribution in [1.29, 1.82) is 0 Å². The number of aromatic amines is 1. The lowest BCUT2D eigenvalue weighted by molar-refractivity contribution is 0.138. The summed E-state index contributed by atoms with van der Waals surface area (Å²) in [6, 6.07) is 6.33. The molecule has 2 rings (SSSR count). The van der Waals surface area contributed by atoms with Crippen LogP contribution in [0.15, 0.2) is 52.1 Å². The third kappa shape index (κ3) is 2.37. The third-order valence-electron chi connectivity index (χ3n) is 2.81. The van der Waals surface area contributed by atoms with Crippen LogP contribution < -0.4 is 11.4 Å². The zero-order chi connectivity index (χ0) is 18.3. The molecule has 0 saturated heterocycles. The van der Waals surface area contributed by atoms with E-state index < -0.39 is 35.9 Å². The summed E-state index contributed by atoms with van der Waals surface area (Å²) < 4.78 is 31.4. The first-order chi connectivity index (χ1) is 10.9. The van der Waals surface area contributed by atoms with E-state index in [0.717, 1.165) is 11.5 Å². The monoisotopic (exact) mass is 279 g/mol. The van der Waals surface area contributed by atoms with Crippen LogP contribution in [-0.4, -0.2) is 25.5 Å². The number of nitrogens with zero attached hydrogens (tertiary/aromatic N) is 2. The summed E-state index contributed by atoms with van der Waals surface area (Å²) in [5.41, 5.74) is -2.00. The van der Waals surface area contributed by atoms with Crippen molar-refractivity contribution < 1.29 is 10.6 Å². The third-order valence-corrected chi connectivity index (χ3v) is 2.81. The number of benzene rings is 1. The standard InChI is InChI=1S/C14H17N3O3/c1-9(2)12(10(3)18)17-14(20)16(13(19)15-17)11-7-5-4-6-8-11/h4-8,10,12,18H,1H2,2-3H3,(H,15,19)/t10-,12+/m0/s1/i2D3,10D. The molecule has 0 amide bonds. The molecule has 0 aliphatic heterocycles. The van der Waals surface area contributed by atoms with Gasteiger partial charge in [-0.25, -0.2) is 23.9 Å².